The maximum atomic E-state index is 5.89. The smallest absolute Gasteiger partial charge is 0.0656 e. The molecule has 2 aromatic rings. The molecule has 0 aliphatic carbocycles. The SMILES string of the molecule is Nc1cccc(NCC=Cc2cc(N)c(Cl)cc2N)c1. The fraction of sp³-hybridized carbons (Fsp3) is 0.0667. The molecule has 0 saturated carbocycles. The van der Waals surface area contributed by atoms with Crippen molar-refractivity contribution in [3.63, 3.8) is 0 Å². The van der Waals surface area contributed by atoms with Crippen molar-refractivity contribution in [2.75, 3.05) is 29.1 Å². The van der Waals surface area contributed by atoms with Gasteiger partial charge in [-0.2, -0.15) is 0 Å². The lowest BCUT2D eigenvalue weighted by molar-refractivity contribution is 1.34. The first-order valence-electron chi connectivity index (χ1n) is 6.16. The molecule has 2 aromatic carbocycles. The molecule has 104 valence electrons. The predicted molar refractivity (Wildman–Crippen MR) is 88.7 cm³/mol. The van der Waals surface area contributed by atoms with E-state index in [0.29, 0.717) is 22.9 Å². The van der Waals surface area contributed by atoms with E-state index in [1.54, 1.807) is 12.1 Å². The van der Waals surface area contributed by atoms with Crippen LogP contribution < -0.4 is 22.5 Å². The quantitative estimate of drug-likeness (QED) is 0.650. The first kappa shape index (κ1) is 14.1. The van der Waals surface area contributed by atoms with Gasteiger partial charge >= 0.3 is 0 Å². The van der Waals surface area contributed by atoms with Crippen LogP contribution in [0.5, 0.6) is 0 Å². The minimum absolute atomic E-state index is 0.470. The van der Waals surface area contributed by atoms with E-state index < -0.39 is 0 Å². The fourth-order valence-corrected chi connectivity index (χ4v) is 1.95. The Morgan fingerprint density at radius 2 is 1.85 bits per heavy atom. The Balaban J connectivity index is 1.99. The number of benzene rings is 2. The summed E-state index contributed by atoms with van der Waals surface area (Å²) in [4.78, 5) is 0. The second-order valence-electron chi connectivity index (χ2n) is 4.41. The van der Waals surface area contributed by atoms with Crippen molar-refractivity contribution in [3.05, 3.63) is 53.1 Å². The monoisotopic (exact) mass is 288 g/mol. The molecule has 0 aromatic heterocycles. The van der Waals surface area contributed by atoms with E-state index in [9.17, 15) is 0 Å². The zero-order valence-electron chi connectivity index (χ0n) is 10.9. The van der Waals surface area contributed by atoms with Crippen LogP contribution in [0.3, 0.4) is 0 Å². The minimum atomic E-state index is 0.470. The molecule has 0 saturated heterocycles. The van der Waals surface area contributed by atoms with Crippen LogP contribution in [0.25, 0.3) is 6.08 Å². The third-order valence-corrected chi connectivity index (χ3v) is 3.14. The van der Waals surface area contributed by atoms with Gasteiger partial charge in [0.1, 0.15) is 0 Å². The summed E-state index contributed by atoms with van der Waals surface area (Å²) in [6, 6.07) is 11.0. The lowest BCUT2D eigenvalue weighted by Gasteiger charge is -2.06. The molecule has 0 fully saturated rings. The Bertz CT molecular complexity index is 638. The van der Waals surface area contributed by atoms with Crippen LogP contribution >= 0.6 is 11.6 Å². The van der Waals surface area contributed by atoms with Gasteiger partial charge in [-0.05, 0) is 35.9 Å². The molecule has 4 nitrogen and oxygen atoms in total. The molecule has 5 heteroatoms. The molecule has 0 aliphatic rings. The number of nitrogens with one attached hydrogen (secondary N) is 1. The van der Waals surface area contributed by atoms with Crippen LogP contribution in [0.2, 0.25) is 5.02 Å². The van der Waals surface area contributed by atoms with Crippen molar-refractivity contribution in [1.82, 2.24) is 0 Å². The largest absolute Gasteiger partial charge is 0.399 e. The highest BCUT2D eigenvalue weighted by Gasteiger charge is 2.01. The van der Waals surface area contributed by atoms with Crippen molar-refractivity contribution in [2.45, 2.75) is 0 Å². The number of hydrogen-bond acceptors (Lipinski definition) is 4. The molecule has 0 heterocycles. The van der Waals surface area contributed by atoms with Crippen LogP contribution in [-0.2, 0) is 0 Å². The van der Waals surface area contributed by atoms with Gasteiger partial charge in [0.25, 0.3) is 0 Å². The summed E-state index contributed by atoms with van der Waals surface area (Å²) in [6.45, 7) is 0.658. The Labute approximate surface area is 123 Å². The molecule has 0 amide bonds. The summed E-state index contributed by atoms with van der Waals surface area (Å²) in [6.07, 6.45) is 3.86. The number of nitrogen functional groups attached to an aromatic ring is 3. The summed E-state index contributed by atoms with van der Waals surface area (Å²) in [5, 5.41) is 3.71. The van der Waals surface area contributed by atoms with Gasteiger partial charge in [-0.15, -0.1) is 0 Å². The van der Waals surface area contributed by atoms with Gasteiger partial charge in [-0.1, -0.05) is 29.8 Å². The molecule has 0 bridgehead atoms. The second-order valence-corrected chi connectivity index (χ2v) is 4.82. The van der Waals surface area contributed by atoms with E-state index >= 15 is 0 Å². The number of nitrogens with two attached hydrogens (primary N) is 3. The molecule has 7 N–H and O–H groups in total. The molecular formula is C15H17ClN4. The Kier molecular flexibility index (Phi) is 4.38. The van der Waals surface area contributed by atoms with Crippen molar-refractivity contribution >= 4 is 40.4 Å². The van der Waals surface area contributed by atoms with Crippen LogP contribution in [0, 0.1) is 0 Å². The van der Waals surface area contributed by atoms with Crippen molar-refractivity contribution in [1.29, 1.82) is 0 Å². The van der Waals surface area contributed by atoms with Gasteiger partial charge in [0, 0.05) is 23.6 Å². The summed E-state index contributed by atoms with van der Waals surface area (Å²) in [5.41, 5.74) is 21.0. The zero-order chi connectivity index (χ0) is 14.5. The molecule has 0 radical (unpaired) electrons. The first-order valence-corrected chi connectivity index (χ1v) is 6.54. The highest BCUT2D eigenvalue weighted by Crippen LogP contribution is 2.26. The highest BCUT2D eigenvalue weighted by molar-refractivity contribution is 6.33. The topological polar surface area (TPSA) is 90.1 Å². The molecule has 20 heavy (non-hydrogen) atoms. The molecular weight excluding hydrogens is 272 g/mol. The first-order chi connectivity index (χ1) is 9.56. The van der Waals surface area contributed by atoms with E-state index in [1.807, 2.05) is 36.4 Å². The molecule has 0 spiro atoms. The third-order valence-electron chi connectivity index (χ3n) is 2.81. The fourth-order valence-electron chi connectivity index (χ4n) is 1.78. The average Bonchev–Trinajstić information content (AvgIpc) is 2.40. The van der Waals surface area contributed by atoms with E-state index in [2.05, 4.69) is 5.32 Å². The Hall–Kier alpha value is -2.33. The number of hydrogen-bond donors (Lipinski definition) is 4. The Morgan fingerprint density at radius 3 is 2.60 bits per heavy atom. The highest BCUT2D eigenvalue weighted by atomic mass is 35.5. The average molecular weight is 289 g/mol. The van der Waals surface area contributed by atoms with Crippen LogP contribution in [0.4, 0.5) is 22.7 Å². The van der Waals surface area contributed by atoms with Gasteiger partial charge < -0.3 is 22.5 Å². The van der Waals surface area contributed by atoms with Gasteiger partial charge in [-0.3, -0.25) is 0 Å². The number of halogens is 1. The third kappa shape index (κ3) is 3.59. The maximum Gasteiger partial charge on any atom is 0.0656 e. The van der Waals surface area contributed by atoms with Gasteiger partial charge in [-0.25, -0.2) is 0 Å². The number of anilines is 4. The number of rotatable bonds is 4. The van der Waals surface area contributed by atoms with Crippen LogP contribution in [0.15, 0.2) is 42.5 Å². The lowest BCUT2D eigenvalue weighted by atomic mass is 10.1. The predicted octanol–water partition coefficient (Wildman–Crippen LogP) is 3.21. The summed E-state index contributed by atoms with van der Waals surface area (Å²) in [7, 11) is 0. The summed E-state index contributed by atoms with van der Waals surface area (Å²) >= 11 is 5.89. The van der Waals surface area contributed by atoms with Crippen molar-refractivity contribution in [3.8, 4) is 0 Å². The van der Waals surface area contributed by atoms with Gasteiger partial charge in [0.05, 0.1) is 10.7 Å². The maximum absolute atomic E-state index is 5.89. The van der Waals surface area contributed by atoms with E-state index in [0.717, 1.165) is 16.9 Å². The molecule has 2 rings (SSSR count). The van der Waals surface area contributed by atoms with E-state index in [1.165, 1.54) is 0 Å². The minimum Gasteiger partial charge on any atom is -0.399 e. The van der Waals surface area contributed by atoms with Crippen LogP contribution in [0.1, 0.15) is 5.56 Å². The zero-order valence-corrected chi connectivity index (χ0v) is 11.7. The van der Waals surface area contributed by atoms with Crippen molar-refractivity contribution < 1.29 is 0 Å². The van der Waals surface area contributed by atoms with Crippen molar-refractivity contribution in [2.24, 2.45) is 0 Å². The van der Waals surface area contributed by atoms with E-state index in [4.69, 9.17) is 28.8 Å². The standard InChI is InChI=1S/C15H17ClN4/c16-13-9-14(18)10(7-15(13)19)3-2-6-20-12-5-1-4-11(17)8-12/h1-5,7-9,20H,6,17-19H2. The molecule has 0 atom stereocenters. The molecule has 0 unspecified atom stereocenters. The Morgan fingerprint density at radius 1 is 1.05 bits per heavy atom. The molecule has 0 aliphatic heterocycles. The van der Waals surface area contributed by atoms with Crippen LogP contribution in [-0.4, -0.2) is 6.54 Å². The normalized spacial score (nSPS) is 10.8. The van der Waals surface area contributed by atoms with Gasteiger partial charge in [0.2, 0.25) is 0 Å². The summed E-state index contributed by atoms with van der Waals surface area (Å²) in [5.74, 6) is 0. The second kappa shape index (κ2) is 6.21. The van der Waals surface area contributed by atoms with Gasteiger partial charge in [0.15, 0.2) is 0 Å². The summed E-state index contributed by atoms with van der Waals surface area (Å²) < 4.78 is 0. The lowest BCUT2D eigenvalue weighted by Crippen LogP contribution is -1.99. The van der Waals surface area contributed by atoms with E-state index in [-0.39, 0.29) is 0 Å².